The third-order valence-electron chi connectivity index (χ3n) is 6.36. The van der Waals surface area contributed by atoms with Crippen LogP contribution in [0.2, 0.25) is 0 Å². The number of aromatic nitrogens is 1. The van der Waals surface area contributed by atoms with Gasteiger partial charge in [-0.2, -0.15) is 0 Å². The SMILES string of the molecule is Cc1cccc(-n2c(C)cc(C(=O)N3CCC4(CCNC4)CC3)c2C)c1. The smallest absolute Gasteiger partial charge is 0.255 e. The van der Waals surface area contributed by atoms with E-state index in [0.717, 1.165) is 61.7 Å². The first-order valence-electron chi connectivity index (χ1n) is 9.75. The molecule has 1 aromatic carbocycles. The predicted octanol–water partition coefficient (Wildman–Crippen LogP) is 3.62. The van der Waals surface area contributed by atoms with Crippen LogP contribution >= 0.6 is 0 Å². The highest BCUT2D eigenvalue weighted by Crippen LogP contribution is 2.37. The number of hydrogen-bond donors (Lipinski definition) is 1. The number of aryl methyl sites for hydroxylation is 2. The summed E-state index contributed by atoms with van der Waals surface area (Å²) in [6.07, 6.45) is 3.52. The van der Waals surface area contributed by atoms with E-state index in [4.69, 9.17) is 0 Å². The molecule has 138 valence electrons. The zero-order valence-corrected chi connectivity index (χ0v) is 16.1. The van der Waals surface area contributed by atoms with Gasteiger partial charge in [0.2, 0.25) is 0 Å². The summed E-state index contributed by atoms with van der Waals surface area (Å²) in [7, 11) is 0. The van der Waals surface area contributed by atoms with Crippen LogP contribution in [0.3, 0.4) is 0 Å². The zero-order chi connectivity index (χ0) is 18.3. The number of amides is 1. The lowest BCUT2D eigenvalue weighted by atomic mass is 9.78. The van der Waals surface area contributed by atoms with Crippen molar-refractivity contribution in [1.82, 2.24) is 14.8 Å². The maximum Gasteiger partial charge on any atom is 0.255 e. The van der Waals surface area contributed by atoms with Crippen molar-refractivity contribution in [3.8, 4) is 5.69 Å². The lowest BCUT2D eigenvalue weighted by Crippen LogP contribution is -2.44. The Bertz CT molecular complexity index is 820. The molecule has 2 aliphatic rings. The largest absolute Gasteiger partial charge is 0.339 e. The molecule has 4 rings (SSSR count). The molecule has 2 aliphatic heterocycles. The van der Waals surface area contributed by atoms with Gasteiger partial charge in [0.05, 0.1) is 5.56 Å². The third-order valence-corrected chi connectivity index (χ3v) is 6.36. The van der Waals surface area contributed by atoms with Gasteiger partial charge in [-0.25, -0.2) is 0 Å². The number of likely N-dealkylation sites (tertiary alicyclic amines) is 1. The Morgan fingerprint density at radius 2 is 1.85 bits per heavy atom. The summed E-state index contributed by atoms with van der Waals surface area (Å²) in [5.74, 6) is 0.192. The normalized spacial score (nSPS) is 19.3. The van der Waals surface area contributed by atoms with E-state index >= 15 is 0 Å². The van der Waals surface area contributed by atoms with Crippen LogP contribution in [0.1, 0.15) is 46.6 Å². The lowest BCUT2D eigenvalue weighted by Gasteiger charge is -2.38. The third kappa shape index (κ3) is 2.96. The Morgan fingerprint density at radius 3 is 2.50 bits per heavy atom. The number of hydrogen-bond acceptors (Lipinski definition) is 2. The van der Waals surface area contributed by atoms with Crippen LogP contribution in [-0.4, -0.2) is 41.6 Å². The first kappa shape index (κ1) is 17.3. The molecule has 1 aromatic heterocycles. The first-order chi connectivity index (χ1) is 12.5. The molecule has 4 nitrogen and oxygen atoms in total. The molecule has 0 unspecified atom stereocenters. The molecular formula is C22H29N3O. The van der Waals surface area contributed by atoms with Crippen LogP contribution in [-0.2, 0) is 0 Å². The Balaban J connectivity index is 1.57. The van der Waals surface area contributed by atoms with Crippen LogP contribution in [0.25, 0.3) is 5.69 Å². The summed E-state index contributed by atoms with van der Waals surface area (Å²) >= 11 is 0. The van der Waals surface area contributed by atoms with Gasteiger partial charge >= 0.3 is 0 Å². The van der Waals surface area contributed by atoms with Crippen molar-refractivity contribution < 1.29 is 4.79 Å². The van der Waals surface area contributed by atoms with E-state index < -0.39 is 0 Å². The van der Waals surface area contributed by atoms with Crippen LogP contribution in [0, 0.1) is 26.2 Å². The molecule has 0 bridgehead atoms. The average Bonchev–Trinajstić information content (AvgIpc) is 3.19. The molecule has 2 aromatic rings. The van der Waals surface area contributed by atoms with Crippen LogP contribution < -0.4 is 5.32 Å². The molecule has 1 amide bonds. The first-order valence-corrected chi connectivity index (χ1v) is 9.75. The Labute approximate surface area is 156 Å². The number of benzene rings is 1. The van der Waals surface area contributed by atoms with Gasteiger partial charge in [-0.15, -0.1) is 0 Å². The van der Waals surface area contributed by atoms with Crippen molar-refractivity contribution in [2.75, 3.05) is 26.2 Å². The van der Waals surface area contributed by atoms with Crippen molar-refractivity contribution in [2.45, 2.75) is 40.0 Å². The van der Waals surface area contributed by atoms with Gasteiger partial charge in [-0.05, 0) is 75.8 Å². The van der Waals surface area contributed by atoms with Crippen molar-refractivity contribution in [3.05, 3.63) is 52.8 Å². The van der Waals surface area contributed by atoms with Gasteiger partial charge in [0.15, 0.2) is 0 Å². The van der Waals surface area contributed by atoms with Crippen LogP contribution in [0.4, 0.5) is 0 Å². The molecule has 0 saturated carbocycles. The number of nitrogens with one attached hydrogen (secondary N) is 1. The summed E-state index contributed by atoms with van der Waals surface area (Å²) < 4.78 is 2.20. The van der Waals surface area contributed by atoms with E-state index in [1.165, 1.54) is 12.0 Å². The zero-order valence-electron chi connectivity index (χ0n) is 16.1. The standard InChI is InChI=1S/C22H29N3O/c1-16-5-4-6-19(13-16)25-17(2)14-20(18(25)3)21(26)24-11-8-22(9-12-24)7-10-23-15-22/h4-6,13-14,23H,7-12,15H2,1-3H3. The molecule has 1 N–H and O–H groups in total. The molecule has 3 heterocycles. The second-order valence-electron chi connectivity index (χ2n) is 8.18. The van der Waals surface area contributed by atoms with E-state index in [2.05, 4.69) is 65.9 Å². The minimum atomic E-state index is 0.192. The Kier molecular flexibility index (Phi) is 4.39. The van der Waals surface area contributed by atoms with Crippen LogP contribution in [0.15, 0.2) is 30.3 Å². The topological polar surface area (TPSA) is 37.3 Å². The maximum atomic E-state index is 13.2. The maximum absolute atomic E-state index is 13.2. The van der Waals surface area contributed by atoms with Gasteiger partial charge in [-0.1, -0.05) is 12.1 Å². The highest BCUT2D eigenvalue weighted by Gasteiger charge is 2.38. The summed E-state index contributed by atoms with van der Waals surface area (Å²) in [5.41, 5.74) is 5.81. The molecule has 2 fully saturated rings. The molecule has 2 saturated heterocycles. The molecule has 0 radical (unpaired) electrons. The number of carbonyl (C=O) groups is 1. The fourth-order valence-corrected chi connectivity index (χ4v) is 4.72. The van der Waals surface area contributed by atoms with Crippen molar-refractivity contribution in [1.29, 1.82) is 0 Å². The summed E-state index contributed by atoms with van der Waals surface area (Å²) in [6, 6.07) is 10.5. The van der Waals surface area contributed by atoms with Crippen molar-refractivity contribution >= 4 is 5.91 Å². The Hall–Kier alpha value is -2.07. The van der Waals surface area contributed by atoms with Gasteiger partial charge in [0.25, 0.3) is 5.91 Å². The molecule has 0 aliphatic carbocycles. The lowest BCUT2D eigenvalue weighted by molar-refractivity contribution is 0.0607. The van der Waals surface area contributed by atoms with Gasteiger partial charge in [0.1, 0.15) is 0 Å². The number of rotatable bonds is 2. The van der Waals surface area contributed by atoms with Crippen molar-refractivity contribution in [3.63, 3.8) is 0 Å². The fourth-order valence-electron chi connectivity index (χ4n) is 4.72. The van der Waals surface area contributed by atoms with E-state index in [-0.39, 0.29) is 5.91 Å². The van der Waals surface area contributed by atoms with Crippen molar-refractivity contribution in [2.24, 2.45) is 5.41 Å². The minimum absolute atomic E-state index is 0.192. The summed E-state index contributed by atoms with van der Waals surface area (Å²) in [4.78, 5) is 15.2. The molecule has 0 atom stereocenters. The second kappa shape index (κ2) is 6.58. The highest BCUT2D eigenvalue weighted by molar-refractivity contribution is 5.96. The molecule has 26 heavy (non-hydrogen) atoms. The molecule has 1 spiro atoms. The van der Waals surface area contributed by atoms with Crippen LogP contribution in [0.5, 0.6) is 0 Å². The highest BCUT2D eigenvalue weighted by atomic mass is 16.2. The number of piperidine rings is 1. The molecular weight excluding hydrogens is 322 g/mol. The average molecular weight is 351 g/mol. The predicted molar refractivity (Wildman–Crippen MR) is 105 cm³/mol. The quantitative estimate of drug-likeness (QED) is 0.897. The fraction of sp³-hybridized carbons (Fsp3) is 0.500. The Morgan fingerprint density at radius 1 is 1.08 bits per heavy atom. The second-order valence-corrected chi connectivity index (χ2v) is 8.18. The summed E-state index contributed by atoms with van der Waals surface area (Å²) in [5, 5.41) is 3.49. The van der Waals surface area contributed by atoms with E-state index in [1.54, 1.807) is 0 Å². The number of carbonyl (C=O) groups excluding carboxylic acids is 1. The summed E-state index contributed by atoms with van der Waals surface area (Å²) in [6.45, 7) is 10.3. The molecule has 4 heteroatoms. The van der Waals surface area contributed by atoms with E-state index in [9.17, 15) is 4.79 Å². The van der Waals surface area contributed by atoms with E-state index in [1.807, 2.05) is 0 Å². The minimum Gasteiger partial charge on any atom is -0.339 e. The van der Waals surface area contributed by atoms with Gasteiger partial charge < -0.3 is 14.8 Å². The number of nitrogens with zero attached hydrogens (tertiary/aromatic N) is 2. The van der Waals surface area contributed by atoms with E-state index in [0.29, 0.717) is 5.41 Å². The van der Waals surface area contributed by atoms with Gasteiger partial charge in [-0.3, -0.25) is 4.79 Å². The van der Waals surface area contributed by atoms with Gasteiger partial charge in [0, 0.05) is 36.7 Å². The monoisotopic (exact) mass is 351 g/mol.